The van der Waals surface area contributed by atoms with E-state index in [1.165, 1.54) is 5.56 Å². The van der Waals surface area contributed by atoms with Crippen molar-refractivity contribution in [3.63, 3.8) is 0 Å². The molecule has 1 unspecified atom stereocenters. The first-order chi connectivity index (χ1) is 19.4. The van der Waals surface area contributed by atoms with E-state index in [2.05, 4.69) is 25.9 Å². The minimum absolute atomic E-state index is 0.0466. The van der Waals surface area contributed by atoms with Crippen LogP contribution in [0.25, 0.3) is 21.9 Å². The highest BCUT2D eigenvalue weighted by Crippen LogP contribution is 2.35. The van der Waals surface area contributed by atoms with Crippen LogP contribution in [0.3, 0.4) is 0 Å². The van der Waals surface area contributed by atoms with Crippen LogP contribution in [0.4, 0.5) is 0 Å². The maximum absolute atomic E-state index is 13.4. The SMILES string of the molecule is NC(=O)c1ccc(OCC2CCCN(S(=O)(=O)CN3CCC(c4ccnc5cnc6[nH]ccc6c45)CC3)C2)cc1. The third-order valence-corrected chi connectivity index (χ3v) is 10.0. The molecule has 0 aliphatic carbocycles. The number of H-pyrrole nitrogens is 1. The van der Waals surface area contributed by atoms with Gasteiger partial charge >= 0.3 is 0 Å². The Morgan fingerprint density at radius 2 is 1.85 bits per heavy atom. The summed E-state index contributed by atoms with van der Waals surface area (Å²) in [4.78, 5) is 25.5. The molecule has 3 N–H and O–H groups in total. The lowest BCUT2D eigenvalue weighted by Gasteiger charge is -2.36. The summed E-state index contributed by atoms with van der Waals surface area (Å²) >= 11 is 0. The first kappa shape index (κ1) is 26.7. The van der Waals surface area contributed by atoms with E-state index in [1.54, 1.807) is 28.6 Å². The van der Waals surface area contributed by atoms with Crippen LogP contribution >= 0.6 is 0 Å². The number of piperidine rings is 2. The number of amides is 1. The van der Waals surface area contributed by atoms with Crippen molar-refractivity contribution in [3.05, 3.63) is 66.1 Å². The van der Waals surface area contributed by atoms with E-state index >= 15 is 0 Å². The molecular formula is C29H34N6O4S. The second kappa shape index (κ2) is 11.1. The maximum atomic E-state index is 13.4. The summed E-state index contributed by atoms with van der Waals surface area (Å²) in [6.45, 7) is 2.90. The Hall–Kier alpha value is -3.54. The number of carbonyl (C=O) groups is 1. The summed E-state index contributed by atoms with van der Waals surface area (Å²) < 4.78 is 34.3. The number of rotatable bonds is 8. The molecule has 1 atom stereocenters. The quantitative estimate of drug-likeness (QED) is 0.336. The van der Waals surface area contributed by atoms with Gasteiger partial charge in [-0.25, -0.2) is 17.7 Å². The molecule has 210 valence electrons. The van der Waals surface area contributed by atoms with E-state index in [4.69, 9.17) is 10.5 Å². The van der Waals surface area contributed by atoms with Crippen LogP contribution in [0.1, 0.15) is 47.5 Å². The van der Waals surface area contributed by atoms with Gasteiger partial charge in [0, 0.05) is 47.7 Å². The number of fused-ring (bicyclic) bond motifs is 3. The largest absolute Gasteiger partial charge is 0.493 e. The molecular weight excluding hydrogens is 528 g/mol. The Balaban J connectivity index is 1.05. The van der Waals surface area contributed by atoms with Gasteiger partial charge in [0.25, 0.3) is 0 Å². The molecule has 1 aromatic carbocycles. The molecule has 1 amide bonds. The number of ether oxygens (including phenoxy) is 1. The smallest absolute Gasteiger partial charge is 0.248 e. The summed E-state index contributed by atoms with van der Waals surface area (Å²) in [5, 5.41) is 2.22. The number of aromatic nitrogens is 3. The van der Waals surface area contributed by atoms with Gasteiger partial charge in [-0.05, 0) is 86.7 Å². The first-order valence-electron chi connectivity index (χ1n) is 13.8. The van der Waals surface area contributed by atoms with E-state index in [1.807, 2.05) is 24.7 Å². The number of primary amides is 1. The number of hydrogen-bond acceptors (Lipinski definition) is 7. The predicted octanol–water partition coefficient (Wildman–Crippen LogP) is 3.47. The van der Waals surface area contributed by atoms with Gasteiger partial charge in [-0.3, -0.25) is 14.7 Å². The summed E-state index contributed by atoms with van der Waals surface area (Å²) in [6.07, 6.45) is 9.09. The second-order valence-corrected chi connectivity index (χ2v) is 12.8. The summed E-state index contributed by atoms with van der Waals surface area (Å²) in [5.74, 6) is 0.669. The Morgan fingerprint density at radius 3 is 2.62 bits per heavy atom. The standard InChI is InChI=1S/C29H34N6O4S/c30-28(36)22-3-5-23(6-4-22)39-18-20-2-1-13-35(17-20)40(37,38)19-34-14-9-21(10-15-34)24-7-11-31-26-16-33-29-25(27(24)26)8-12-32-29/h3-8,11-12,16,20-21H,1-2,9-10,13-15,17-19H2,(H2,30,36)(H,32,33). The number of hydrogen-bond donors (Lipinski definition) is 2. The van der Waals surface area contributed by atoms with Gasteiger partial charge in [-0.15, -0.1) is 0 Å². The number of nitrogens with zero attached hydrogens (tertiary/aromatic N) is 4. The van der Waals surface area contributed by atoms with Crippen LogP contribution in [-0.2, 0) is 10.0 Å². The minimum atomic E-state index is -3.42. The van der Waals surface area contributed by atoms with Crippen LogP contribution in [0.15, 0.2) is 55.0 Å². The molecule has 11 heteroatoms. The normalized spacial score (nSPS) is 19.8. The number of benzene rings is 1. The third-order valence-electron chi connectivity index (χ3n) is 8.20. The number of nitrogens with one attached hydrogen (secondary N) is 1. The summed E-state index contributed by atoms with van der Waals surface area (Å²) in [6, 6.07) is 10.9. The number of likely N-dealkylation sites (tertiary alicyclic amines) is 1. The molecule has 0 radical (unpaired) electrons. The molecule has 0 saturated carbocycles. The van der Waals surface area contributed by atoms with Crippen molar-refractivity contribution in [3.8, 4) is 5.75 Å². The Morgan fingerprint density at radius 1 is 1.05 bits per heavy atom. The summed E-state index contributed by atoms with van der Waals surface area (Å²) in [7, 11) is -3.42. The molecule has 10 nitrogen and oxygen atoms in total. The fourth-order valence-corrected chi connectivity index (χ4v) is 7.78. The first-order valence-corrected chi connectivity index (χ1v) is 15.4. The molecule has 0 bridgehead atoms. The average Bonchev–Trinajstić information content (AvgIpc) is 3.46. The lowest BCUT2D eigenvalue weighted by Crippen LogP contribution is -2.47. The molecule has 3 aromatic heterocycles. The molecule has 5 heterocycles. The minimum Gasteiger partial charge on any atom is -0.493 e. The number of carbonyl (C=O) groups excluding carboxylic acids is 1. The van der Waals surface area contributed by atoms with E-state index in [-0.39, 0.29) is 11.8 Å². The van der Waals surface area contributed by atoms with Crippen molar-refractivity contribution < 1.29 is 17.9 Å². The van der Waals surface area contributed by atoms with E-state index in [0.29, 0.717) is 36.9 Å². The van der Waals surface area contributed by atoms with Crippen molar-refractivity contribution in [1.29, 1.82) is 0 Å². The van der Waals surface area contributed by atoms with Crippen LogP contribution in [0.2, 0.25) is 0 Å². The number of sulfonamides is 1. The molecule has 4 aromatic rings. The van der Waals surface area contributed by atoms with Gasteiger partial charge in [-0.2, -0.15) is 0 Å². The highest BCUT2D eigenvalue weighted by molar-refractivity contribution is 7.89. The fourth-order valence-electron chi connectivity index (χ4n) is 6.05. The zero-order valence-corrected chi connectivity index (χ0v) is 23.1. The Kier molecular flexibility index (Phi) is 7.43. The average molecular weight is 563 g/mol. The van der Waals surface area contributed by atoms with Crippen molar-refractivity contribution in [2.75, 3.05) is 38.7 Å². The molecule has 0 spiro atoms. The van der Waals surface area contributed by atoms with Gasteiger partial charge in [0.15, 0.2) is 0 Å². The molecule has 2 saturated heterocycles. The van der Waals surface area contributed by atoms with Crippen molar-refractivity contribution >= 4 is 37.9 Å². The third kappa shape index (κ3) is 5.54. The van der Waals surface area contributed by atoms with Crippen LogP contribution in [0.5, 0.6) is 5.75 Å². The van der Waals surface area contributed by atoms with E-state index in [9.17, 15) is 13.2 Å². The van der Waals surface area contributed by atoms with Gasteiger partial charge < -0.3 is 15.5 Å². The molecule has 6 rings (SSSR count). The van der Waals surface area contributed by atoms with Crippen LogP contribution in [0, 0.1) is 5.92 Å². The van der Waals surface area contributed by atoms with Gasteiger partial charge in [0.05, 0.1) is 18.3 Å². The van der Waals surface area contributed by atoms with Crippen LogP contribution in [-0.4, -0.2) is 77.1 Å². The number of pyridine rings is 2. The van der Waals surface area contributed by atoms with Gasteiger partial charge in [0.1, 0.15) is 17.3 Å². The zero-order valence-electron chi connectivity index (χ0n) is 22.3. The Labute approximate surface area is 233 Å². The Bertz CT molecular complexity index is 1610. The highest BCUT2D eigenvalue weighted by atomic mass is 32.2. The monoisotopic (exact) mass is 562 g/mol. The van der Waals surface area contributed by atoms with Crippen molar-refractivity contribution in [2.45, 2.75) is 31.6 Å². The molecule has 2 aliphatic rings. The topological polar surface area (TPSA) is 135 Å². The van der Waals surface area contributed by atoms with Crippen molar-refractivity contribution in [1.82, 2.24) is 24.2 Å². The predicted molar refractivity (Wildman–Crippen MR) is 153 cm³/mol. The molecule has 2 aliphatic heterocycles. The van der Waals surface area contributed by atoms with Crippen molar-refractivity contribution in [2.24, 2.45) is 11.7 Å². The lowest BCUT2D eigenvalue weighted by molar-refractivity contribution is 0.1000. The molecule has 40 heavy (non-hydrogen) atoms. The molecule has 2 fully saturated rings. The highest BCUT2D eigenvalue weighted by Gasteiger charge is 2.32. The number of aromatic amines is 1. The van der Waals surface area contributed by atoms with E-state index < -0.39 is 15.9 Å². The fraction of sp³-hybridized carbons (Fsp3) is 0.414. The summed E-state index contributed by atoms with van der Waals surface area (Å²) in [5.41, 5.74) is 8.74. The lowest BCUT2D eigenvalue weighted by atomic mass is 9.87. The van der Waals surface area contributed by atoms with E-state index in [0.717, 1.165) is 60.7 Å². The number of nitrogens with two attached hydrogens (primary N) is 1. The van der Waals surface area contributed by atoms with Crippen LogP contribution < -0.4 is 10.5 Å². The zero-order chi connectivity index (χ0) is 27.7. The second-order valence-electron chi connectivity index (χ2n) is 10.9. The maximum Gasteiger partial charge on any atom is 0.248 e. The van der Waals surface area contributed by atoms with Gasteiger partial charge in [-0.1, -0.05) is 0 Å². The van der Waals surface area contributed by atoms with Gasteiger partial charge in [0.2, 0.25) is 15.9 Å².